The largest absolute Gasteiger partial charge is 0.395 e. The Bertz CT molecular complexity index is 1310. The molecule has 3 heterocycles. The van der Waals surface area contributed by atoms with Gasteiger partial charge in [-0.25, -0.2) is 4.98 Å². The molecule has 0 aliphatic rings. The summed E-state index contributed by atoms with van der Waals surface area (Å²) in [5, 5.41) is 18.1. The normalized spacial score (nSPS) is 12.4. The van der Waals surface area contributed by atoms with E-state index in [0.717, 1.165) is 33.2 Å². The van der Waals surface area contributed by atoms with E-state index in [0.29, 0.717) is 5.52 Å². The maximum atomic E-state index is 13.0. The first-order valence-corrected chi connectivity index (χ1v) is 9.23. The first-order chi connectivity index (χ1) is 14.2. The molecule has 5 rings (SSSR count). The Morgan fingerprint density at radius 3 is 2.59 bits per heavy atom. The van der Waals surface area contributed by atoms with Gasteiger partial charge < -0.3 is 10.1 Å². The van der Waals surface area contributed by atoms with Crippen LogP contribution in [0.1, 0.15) is 22.1 Å². The number of aromatic amines is 2. The molecule has 0 amide bonds. The molecule has 3 N–H and O–H groups in total. The molecule has 0 aliphatic heterocycles. The second-order valence-electron chi connectivity index (χ2n) is 6.82. The summed E-state index contributed by atoms with van der Waals surface area (Å²) in [4.78, 5) is 24.6. The molecule has 0 radical (unpaired) electrons. The average molecular weight is 383 g/mol. The van der Waals surface area contributed by atoms with Gasteiger partial charge in [-0.1, -0.05) is 30.3 Å². The van der Waals surface area contributed by atoms with Crippen LogP contribution in [-0.2, 0) is 0 Å². The highest BCUT2D eigenvalue weighted by Crippen LogP contribution is 2.29. The lowest BCUT2D eigenvalue weighted by Gasteiger charge is -2.11. The van der Waals surface area contributed by atoms with Crippen molar-refractivity contribution in [2.75, 3.05) is 6.61 Å². The first-order valence-electron chi connectivity index (χ1n) is 9.23. The molecule has 7 nitrogen and oxygen atoms in total. The molecular weight excluding hydrogens is 366 g/mol. The number of carbonyl (C=O) groups is 1. The van der Waals surface area contributed by atoms with E-state index in [9.17, 15) is 9.90 Å². The van der Waals surface area contributed by atoms with E-state index in [1.807, 2.05) is 54.6 Å². The number of nitrogens with zero attached hydrogens (tertiary/aromatic N) is 3. The summed E-state index contributed by atoms with van der Waals surface area (Å²) in [5.74, 6) is -0.671. The highest BCUT2D eigenvalue weighted by atomic mass is 16.3. The molecule has 5 aromatic rings. The molecule has 0 spiro atoms. The number of aliphatic hydroxyl groups is 1. The van der Waals surface area contributed by atoms with Crippen LogP contribution in [0.5, 0.6) is 0 Å². The van der Waals surface area contributed by atoms with Crippen LogP contribution in [0, 0.1) is 0 Å². The van der Waals surface area contributed by atoms with E-state index >= 15 is 0 Å². The third kappa shape index (κ3) is 2.97. The van der Waals surface area contributed by atoms with E-state index in [-0.39, 0.29) is 18.2 Å². The Morgan fingerprint density at radius 1 is 1.03 bits per heavy atom. The number of imidazole rings is 1. The molecule has 29 heavy (non-hydrogen) atoms. The molecule has 0 saturated heterocycles. The van der Waals surface area contributed by atoms with Gasteiger partial charge in [-0.05, 0) is 29.8 Å². The van der Waals surface area contributed by atoms with E-state index < -0.39 is 5.92 Å². The van der Waals surface area contributed by atoms with Crippen molar-refractivity contribution in [2.45, 2.75) is 5.92 Å². The van der Waals surface area contributed by atoms with E-state index in [1.54, 1.807) is 12.4 Å². The van der Waals surface area contributed by atoms with Crippen LogP contribution in [0.25, 0.3) is 33.2 Å². The second kappa shape index (κ2) is 6.96. The SMILES string of the molecule is O=C(c1nc2cc3c(-c4ccncc4)n[nH]c3cc2[nH]1)C(CO)c1ccccc1. The summed E-state index contributed by atoms with van der Waals surface area (Å²) in [6.07, 6.45) is 3.44. The van der Waals surface area contributed by atoms with Gasteiger partial charge in [-0.2, -0.15) is 5.10 Å². The summed E-state index contributed by atoms with van der Waals surface area (Å²) >= 11 is 0. The number of fused-ring (bicyclic) bond motifs is 2. The number of aromatic nitrogens is 5. The minimum absolute atomic E-state index is 0.231. The number of hydrogen-bond acceptors (Lipinski definition) is 5. The van der Waals surface area contributed by atoms with Crippen LogP contribution in [0.2, 0.25) is 0 Å². The summed E-state index contributed by atoms with van der Waals surface area (Å²) in [6.45, 7) is -0.281. The van der Waals surface area contributed by atoms with Gasteiger partial charge in [0.2, 0.25) is 5.78 Å². The maximum Gasteiger partial charge on any atom is 0.207 e. The average Bonchev–Trinajstić information content (AvgIpc) is 3.37. The lowest BCUT2D eigenvalue weighted by molar-refractivity contribution is 0.0913. The molecule has 142 valence electrons. The van der Waals surface area contributed by atoms with E-state index in [4.69, 9.17) is 0 Å². The van der Waals surface area contributed by atoms with Crippen LogP contribution >= 0.6 is 0 Å². The number of pyridine rings is 1. The molecule has 0 saturated carbocycles. The number of ketones is 1. The molecule has 0 fully saturated rings. The van der Waals surface area contributed by atoms with Gasteiger partial charge in [0, 0.05) is 23.3 Å². The number of carbonyl (C=O) groups excluding carboxylic acids is 1. The topological polar surface area (TPSA) is 108 Å². The number of rotatable bonds is 5. The Morgan fingerprint density at radius 2 is 1.83 bits per heavy atom. The third-order valence-electron chi connectivity index (χ3n) is 5.05. The Labute approximate surface area is 165 Å². The number of H-pyrrole nitrogens is 2. The van der Waals surface area contributed by atoms with Crippen molar-refractivity contribution in [3.8, 4) is 11.3 Å². The van der Waals surface area contributed by atoms with Crippen molar-refractivity contribution in [3.63, 3.8) is 0 Å². The number of benzene rings is 2. The minimum atomic E-state index is -0.657. The lowest BCUT2D eigenvalue weighted by atomic mass is 9.95. The van der Waals surface area contributed by atoms with Crippen LogP contribution in [0.3, 0.4) is 0 Å². The van der Waals surface area contributed by atoms with Crippen molar-refractivity contribution in [1.29, 1.82) is 0 Å². The van der Waals surface area contributed by atoms with Crippen molar-refractivity contribution < 1.29 is 9.90 Å². The molecule has 7 heteroatoms. The zero-order chi connectivity index (χ0) is 19.8. The molecule has 2 aromatic carbocycles. The standard InChI is InChI=1S/C22H17N5O2/c28-12-16(13-4-2-1-3-5-13)21(29)22-24-18-10-15-17(11-19(18)25-22)26-27-20(15)14-6-8-23-9-7-14/h1-11,16,28H,12H2,(H,24,25)(H,26,27). The molecule has 1 unspecified atom stereocenters. The predicted octanol–water partition coefficient (Wildman–Crippen LogP) is 3.46. The van der Waals surface area contributed by atoms with Gasteiger partial charge >= 0.3 is 0 Å². The smallest absolute Gasteiger partial charge is 0.207 e. The van der Waals surface area contributed by atoms with Crippen molar-refractivity contribution in [1.82, 2.24) is 25.1 Å². The number of Topliss-reactive ketones (excluding diaryl/α,β-unsaturated/α-hetero) is 1. The number of aliphatic hydroxyl groups excluding tert-OH is 1. The summed E-state index contributed by atoms with van der Waals surface area (Å²) < 4.78 is 0. The minimum Gasteiger partial charge on any atom is -0.395 e. The van der Waals surface area contributed by atoms with Gasteiger partial charge in [-0.15, -0.1) is 0 Å². The Hall–Kier alpha value is -3.84. The van der Waals surface area contributed by atoms with E-state index in [2.05, 4.69) is 25.1 Å². The Kier molecular flexibility index (Phi) is 4.14. The van der Waals surface area contributed by atoms with Crippen LogP contribution in [0.4, 0.5) is 0 Å². The molecule has 0 aliphatic carbocycles. The monoisotopic (exact) mass is 383 g/mol. The van der Waals surface area contributed by atoms with Gasteiger partial charge in [0.15, 0.2) is 5.82 Å². The third-order valence-corrected chi connectivity index (χ3v) is 5.05. The summed E-state index contributed by atoms with van der Waals surface area (Å²) in [7, 11) is 0. The quantitative estimate of drug-likeness (QED) is 0.403. The van der Waals surface area contributed by atoms with Gasteiger partial charge in [0.1, 0.15) is 5.69 Å². The van der Waals surface area contributed by atoms with Crippen molar-refractivity contribution in [3.05, 3.63) is 78.4 Å². The van der Waals surface area contributed by atoms with Crippen LogP contribution < -0.4 is 0 Å². The Balaban J connectivity index is 1.57. The maximum absolute atomic E-state index is 13.0. The van der Waals surface area contributed by atoms with Gasteiger partial charge in [0.05, 0.1) is 29.1 Å². The summed E-state index contributed by atoms with van der Waals surface area (Å²) in [6, 6.07) is 16.8. The molecular formula is C22H17N5O2. The number of hydrogen-bond donors (Lipinski definition) is 3. The number of nitrogens with one attached hydrogen (secondary N) is 2. The highest BCUT2D eigenvalue weighted by Gasteiger charge is 2.24. The fraction of sp³-hybridized carbons (Fsp3) is 0.0909. The first kappa shape index (κ1) is 17.3. The zero-order valence-corrected chi connectivity index (χ0v) is 15.3. The van der Waals surface area contributed by atoms with Gasteiger partial charge in [0.25, 0.3) is 0 Å². The molecule has 3 aromatic heterocycles. The fourth-order valence-electron chi connectivity index (χ4n) is 3.56. The molecule has 1 atom stereocenters. The van der Waals surface area contributed by atoms with E-state index in [1.165, 1.54) is 0 Å². The van der Waals surface area contributed by atoms with Crippen molar-refractivity contribution >= 4 is 27.7 Å². The van der Waals surface area contributed by atoms with Crippen LogP contribution in [-0.4, -0.2) is 42.6 Å². The second-order valence-corrected chi connectivity index (χ2v) is 6.82. The van der Waals surface area contributed by atoms with Gasteiger partial charge in [-0.3, -0.25) is 14.9 Å². The summed E-state index contributed by atoms with van der Waals surface area (Å²) in [5.41, 5.74) is 4.75. The predicted molar refractivity (Wildman–Crippen MR) is 110 cm³/mol. The van der Waals surface area contributed by atoms with Crippen molar-refractivity contribution in [2.24, 2.45) is 0 Å². The lowest BCUT2D eigenvalue weighted by Crippen LogP contribution is -2.18. The molecule has 0 bridgehead atoms. The van der Waals surface area contributed by atoms with Crippen LogP contribution in [0.15, 0.2) is 67.0 Å². The fourth-order valence-corrected chi connectivity index (χ4v) is 3.56. The zero-order valence-electron chi connectivity index (χ0n) is 15.3. The highest BCUT2D eigenvalue weighted by molar-refractivity contribution is 6.04.